The lowest BCUT2D eigenvalue weighted by Gasteiger charge is -2.39. The van der Waals surface area contributed by atoms with Crippen LogP contribution in [-0.4, -0.2) is 42.9 Å². The van der Waals surface area contributed by atoms with Gasteiger partial charge in [-0.3, -0.25) is 9.59 Å². The van der Waals surface area contributed by atoms with Crippen LogP contribution in [0.2, 0.25) is 0 Å². The van der Waals surface area contributed by atoms with Crippen molar-refractivity contribution in [2.45, 2.75) is 38.3 Å². The molecule has 1 aromatic rings. The summed E-state index contributed by atoms with van der Waals surface area (Å²) in [5, 5.41) is 9.03. The highest BCUT2D eigenvalue weighted by Crippen LogP contribution is 2.40. The van der Waals surface area contributed by atoms with Gasteiger partial charge in [0.15, 0.2) is 0 Å². The van der Waals surface area contributed by atoms with Crippen molar-refractivity contribution in [2.75, 3.05) is 31.1 Å². The van der Waals surface area contributed by atoms with Crippen molar-refractivity contribution in [2.24, 2.45) is 29.4 Å². The molecule has 1 aromatic carbocycles. The van der Waals surface area contributed by atoms with Gasteiger partial charge in [-0.2, -0.15) is 18.4 Å². The van der Waals surface area contributed by atoms with Gasteiger partial charge in [-0.25, -0.2) is 0 Å². The molecule has 2 heterocycles. The molecule has 2 saturated heterocycles. The van der Waals surface area contributed by atoms with E-state index in [9.17, 15) is 22.8 Å². The van der Waals surface area contributed by atoms with Crippen LogP contribution in [-0.2, 0) is 15.8 Å². The number of hydrogen-bond donors (Lipinski definition) is 1. The minimum Gasteiger partial charge on any atom is -0.370 e. The van der Waals surface area contributed by atoms with Gasteiger partial charge >= 0.3 is 6.18 Å². The molecular formula is C23H27F3N4O2. The Bertz CT molecular complexity index is 930. The van der Waals surface area contributed by atoms with Crippen molar-refractivity contribution in [3.8, 4) is 6.07 Å². The van der Waals surface area contributed by atoms with Crippen LogP contribution in [0.25, 0.3) is 0 Å². The average Bonchev–Trinajstić information content (AvgIpc) is 3.17. The standard InChI is InChI=1S/C23H27F3N4O2/c24-23(25,26)20-10-17(5-4-16(20)11-27)30-12-18(19(13-30)21(28)31)14-6-8-29(9-7-14)22(32)15-2-1-3-15/h4-5,10,14-15,18-19H,1-3,6-9,12-13H2,(H2,28,31). The van der Waals surface area contributed by atoms with E-state index >= 15 is 0 Å². The molecule has 32 heavy (non-hydrogen) atoms. The Morgan fingerprint density at radius 1 is 1.09 bits per heavy atom. The van der Waals surface area contributed by atoms with Crippen LogP contribution in [0.1, 0.15) is 43.2 Å². The van der Waals surface area contributed by atoms with Gasteiger partial charge in [-0.05, 0) is 55.7 Å². The number of halogens is 3. The molecule has 2 unspecified atom stereocenters. The van der Waals surface area contributed by atoms with E-state index in [4.69, 9.17) is 11.0 Å². The van der Waals surface area contributed by atoms with Gasteiger partial charge in [-0.1, -0.05) is 6.42 Å². The van der Waals surface area contributed by atoms with Crippen LogP contribution >= 0.6 is 0 Å². The van der Waals surface area contributed by atoms with Crippen molar-refractivity contribution in [3.05, 3.63) is 29.3 Å². The summed E-state index contributed by atoms with van der Waals surface area (Å²) in [6, 6.07) is 5.25. The molecule has 0 spiro atoms. The number of piperidine rings is 1. The number of carbonyl (C=O) groups is 2. The molecule has 0 bridgehead atoms. The van der Waals surface area contributed by atoms with E-state index in [1.165, 1.54) is 12.1 Å². The molecule has 6 nitrogen and oxygen atoms in total. The molecule has 0 radical (unpaired) electrons. The first-order valence-corrected chi connectivity index (χ1v) is 11.1. The molecule has 172 valence electrons. The Balaban J connectivity index is 1.48. The number of anilines is 1. The lowest BCUT2D eigenvalue weighted by Crippen LogP contribution is -2.45. The fraction of sp³-hybridized carbons (Fsp3) is 0.609. The van der Waals surface area contributed by atoms with Crippen LogP contribution in [0.5, 0.6) is 0 Å². The minimum absolute atomic E-state index is 0.0709. The number of carbonyl (C=O) groups excluding carboxylic acids is 2. The highest BCUT2D eigenvalue weighted by Gasteiger charge is 2.43. The fourth-order valence-electron chi connectivity index (χ4n) is 5.34. The smallest absolute Gasteiger partial charge is 0.370 e. The normalized spacial score (nSPS) is 24.8. The molecule has 2 atom stereocenters. The highest BCUT2D eigenvalue weighted by atomic mass is 19.4. The summed E-state index contributed by atoms with van der Waals surface area (Å²) in [5.74, 6) is -0.409. The molecule has 0 aromatic heterocycles. The SMILES string of the molecule is N#Cc1ccc(N2CC(C(N)=O)C(C3CCN(C(=O)C4CCC4)CC3)C2)cc1C(F)(F)F. The Morgan fingerprint density at radius 2 is 1.78 bits per heavy atom. The molecule has 2 N–H and O–H groups in total. The molecule has 3 aliphatic rings. The predicted octanol–water partition coefficient (Wildman–Crippen LogP) is 3.15. The van der Waals surface area contributed by atoms with Crippen molar-refractivity contribution in [1.29, 1.82) is 5.26 Å². The minimum atomic E-state index is -4.64. The second-order valence-electron chi connectivity index (χ2n) is 9.21. The maximum absolute atomic E-state index is 13.4. The van der Waals surface area contributed by atoms with Crippen molar-refractivity contribution >= 4 is 17.5 Å². The first-order valence-electron chi connectivity index (χ1n) is 11.1. The molecule has 9 heteroatoms. The number of benzene rings is 1. The summed E-state index contributed by atoms with van der Waals surface area (Å²) in [7, 11) is 0. The van der Waals surface area contributed by atoms with Gasteiger partial charge in [0.25, 0.3) is 0 Å². The molecule has 2 aliphatic heterocycles. The zero-order valence-electron chi connectivity index (χ0n) is 17.8. The van der Waals surface area contributed by atoms with E-state index < -0.39 is 29.1 Å². The van der Waals surface area contributed by atoms with Crippen LogP contribution < -0.4 is 10.6 Å². The highest BCUT2D eigenvalue weighted by molar-refractivity contribution is 5.80. The van der Waals surface area contributed by atoms with Gasteiger partial charge < -0.3 is 15.5 Å². The number of likely N-dealkylation sites (tertiary alicyclic amines) is 1. The summed E-state index contributed by atoms with van der Waals surface area (Å²) >= 11 is 0. The lowest BCUT2D eigenvalue weighted by molar-refractivity contribution is -0.140. The molecule has 1 aliphatic carbocycles. The van der Waals surface area contributed by atoms with E-state index in [0.29, 0.717) is 25.3 Å². The van der Waals surface area contributed by atoms with Crippen molar-refractivity contribution in [1.82, 2.24) is 4.90 Å². The second kappa shape index (κ2) is 8.64. The number of nitriles is 1. The predicted molar refractivity (Wildman–Crippen MR) is 111 cm³/mol. The first kappa shape index (κ1) is 22.4. The van der Waals surface area contributed by atoms with E-state index in [0.717, 1.165) is 38.2 Å². The second-order valence-corrected chi connectivity index (χ2v) is 9.21. The number of alkyl halides is 3. The maximum Gasteiger partial charge on any atom is 0.417 e. The van der Waals surface area contributed by atoms with Crippen molar-refractivity contribution < 1.29 is 22.8 Å². The third kappa shape index (κ3) is 4.27. The average molecular weight is 448 g/mol. The lowest BCUT2D eigenvalue weighted by atomic mass is 9.77. The zero-order chi connectivity index (χ0) is 23.0. The van der Waals surface area contributed by atoms with Crippen LogP contribution in [0.4, 0.5) is 18.9 Å². The quantitative estimate of drug-likeness (QED) is 0.766. The molecule has 4 rings (SSSR count). The summed E-state index contributed by atoms with van der Waals surface area (Å²) in [6.07, 6.45) is -0.0708. The Kier molecular flexibility index (Phi) is 6.06. The number of primary amides is 1. The number of amides is 2. The summed E-state index contributed by atoms with van der Waals surface area (Å²) < 4.78 is 40.2. The van der Waals surface area contributed by atoms with Gasteiger partial charge in [0.2, 0.25) is 11.8 Å². The summed E-state index contributed by atoms with van der Waals surface area (Å²) in [5.41, 5.74) is 4.61. The maximum atomic E-state index is 13.4. The zero-order valence-corrected chi connectivity index (χ0v) is 17.8. The number of rotatable bonds is 4. The summed E-state index contributed by atoms with van der Waals surface area (Å²) in [4.78, 5) is 28.4. The van der Waals surface area contributed by atoms with E-state index in [-0.39, 0.29) is 30.2 Å². The van der Waals surface area contributed by atoms with Gasteiger partial charge in [-0.15, -0.1) is 0 Å². The van der Waals surface area contributed by atoms with E-state index in [1.807, 2.05) is 4.90 Å². The first-order chi connectivity index (χ1) is 15.2. The fourth-order valence-corrected chi connectivity index (χ4v) is 5.34. The van der Waals surface area contributed by atoms with Crippen molar-refractivity contribution in [3.63, 3.8) is 0 Å². The Labute approximate surface area is 185 Å². The van der Waals surface area contributed by atoms with Crippen LogP contribution in [0.3, 0.4) is 0 Å². The monoisotopic (exact) mass is 448 g/mol. The topological polar surface area (TPSA) is 90.4 Å². The molecule has 2 amide bonds. The van der Waals surface area contributed by atoms with Crippen LogP contribution in [0.15, 0.2) is 18.2 Å². The molecule has 1 saturated carbocycles. The largest absolute Gasteiger partial charge is 0.417 e. The Hall–Kier alpha value is -2.76. The summed E-state index contributed by atoms with van der Waals surface area (Å²) in [6.45, 7) is 1.98. The Morgan fingerprint density at radius 3 is 2.31 bits per heavy atom. The van der Waals surface area contributed by atoms with Crippen LogP contribution in [0, 0.1) is 35.0 Å². The molecular weight excluding hydrogens is 421 g/mol. The van der Waals surface area contributed by atoms with Gasteiger partial charge in [0.1, 0.15) is 0 Å². The number of nitrogens with two attached hydrogens (primary N) is 1. The van der Waals surface area contributed by atoms with E-state index in [2.05, 4.69) is 0 Å². The third-order valence-corrected chi connectivity index (χ3v) is 7.44. The molecule has 3 fully saturated rings. The van der Waals surface area contributed by atoms with Gasteiger partial charge in [0.05, 0.1) is 23.1 Å². The third-order valence-electron chi connectivity index (χ3n) is 7.44. The number of hydrogen-bond acceptors (Lipinski definition) is 4. The van der Waals surface area contributed by atoms with Gasteiger partial charge in [0, 0.05) is 37.8 Å². The van der Waals surface area contributed by atoms with E-state index in [1.54, 1.807) is 11.0 Å². The number of nitrogens with zero attached hydrogens (tertiary/aromatic N) is 3.